The van der Waals surface area contributed by atoms with Gasteiger partial charge in [-0.05, 0) is 37.5 Å². The van der Waals surface area contributed by atoms with Gasteiger partial charge in [0.2, 0.25) is 0 Å². The second-order valence-corrected chi connectivity index (χ2v) is 5.72. The molecule has 3 heteroatoms. The zero-order valence-corrected chi connectivity index (χ0v) is 12.3. The maximum atomic E-state index is 9.24. The van der Waals surface area contributed by atoms with Crippen LogP contribution in [0.3, 0.4) is 0 Å². The van der Waals surface area contributed by atoms with Gasteiger partial charge in [-0.2, -0.15) is 5.26 Å². The average molecular weight is 280 g/mol. The molecule has 100 valence electrons. The minimum absolute atomic E-state index is 0.0123. The number of rotatable bonds is 2. The third-order valence-electron chi connectivity index (χ3n) is 3.95. The molecule has 0 fully saturated rings. The number of fused-ring (bicyclic) bond motifs is 1. The molecule has 2 nitrogen and oxygen atoms in total. The summed E-state index contributed by atoms with van der Waals surface area (Å²) in [4.78, 5) is 0.870. The van der Waals surface area contributed by atoms with Crippen molar-refractivity contribution in [1.82, 2.24) is 4.57 Å². The van der Waals surface area contributed by atoms with Gasteiger partial charge in [0.05, 0.1) is 22.5 Å². The van der Waals surface area contributed by atoms with E-state index in [2.05, 4.69) is 54.0 Å². The first kappa shape index (κ1) is 13.1. The molecule has 1 aromatic heterocycles. The molecule has 2 heterocycles. The minimum atomic E-state index is 0.0123. The summed E-state index contributed by atoms with van der Waals surface area (Å²) in [6.45, 7) is 3.03. The summed E-state index contributed by atoms with van der Waals surface area (Å²) >= 11 is 5.64. The Labute approximate surface area is 124 Å². The van der Waals surface area contributed by atoms with Crippen LogP contribution < -0.4 is 0 Å². The summed E-state index contributed by atoms with van der Waals surface area (Å²) in [6, 6.07) is 14.8. The van der Waals surface area contributed by atoms with Crippen molar-refractivity contribution in [2.75, 3.05) is 0 Å². The Morgan fingerprint density at radius 1 is 1.25 bits per heavy atom. The predicted molar refractivity (Wildman–Crippen MR) is 84.0 cm³/mol. The predicted octanol–water partition coefficient (Wildman–Crippen LogP) is 3.96. The van der Waals surface area contributed by atoms with Gasteiger partial charge in [-0.25, -0.2) is 0 Å². The molecule has 1 atom stereocenters. The number of nitriles is 1. The van der Waals surface area contributed by atoms with E-state index in [0.29, 0.717) is 0 Å². The Bertz CT molecular complexity index is 689. The number of benzene rings is 1. The van der Waals surface area contributed by atoms with Gasteiger partial charge in [0.25, 0.3) is 0 Å². The molecular weight excluding hydrogens is 264 g/mol. The fraction of sp³-hybridized carbons (Fsp3) is 0.294. The molecule has 1 unspecified atom stereocenters. The van der Waals surface area contributed by atoms with Crippen LogP contribution in [0.5, 0.6) is 0 Å². The maximum absolute atomic E-state index is 9.24. The van der Waals surface area contributed by atoms with Crippen LogP contribution >= 0.6 is 12.2 Å². The highest BCUT2D eigenvalue weighted by Gasteiger charge is 2.23. The van der Waals surface area contributed by atoms with Gasteiger partial charge in [-0.3, -0.25) is 0 Å². The topological polar surface area (TPSA) is 28.7 Å². The summed E-state index contributed by atoms with van der Waals surface area (Å²) in [7, 11) is 0. The summed E-state index contributed by atoms with van der Waals surface area (Å²) in [5, 5.41) is 9.24. The van der Waals surface area contributed by atoms with Crippen LogP contribution in [0.15, 0.2) is 36.4 Å². The number of nitrogens with zero attached hydrogens (tertiary/aromatic N) is 2. The van der Waals surface area contributed by atoms with E-state index >= 15 is 0 Å². The van der Waals surface area contributed by atoms with Crippen LogP contribution in [0.2, 0.25) is 0 Å². The van der Waals surface area contributed by atoms with E-state index in [4.69, 9.17) is 12.2 Å². The zero-order chi connectivity index (χ0) is 14.1. The fourth-order valence-corrected chi connectivity index (χ4v) is 3.13. The normalized spacial score (nSPS) is 17.3. The van der Waals surface area contributed by atoms with Crippen molar-refractivity contribution in [3.8, 4) is 6.07 Å². The van der Waals surface area contributed by atoms with E-state index in [0.717, 1.165) is 41.2 Å². The van der Waals surface area contributed by atoms with Crippen molar-refractivity contribution in [3.63, 3.8) is 0 Å². The minimum Gasteiger partial charge on any atom is -0.343 e. The molecule has 0 saturated heterocycles. The molecule has 0 bridgehead atoms. The largest absolute Gasteiger partial charge is 0.343 e. The van der Waals surface area contributed by atoms with Crippen molar-refractivity contribution in [2.45, 2.75) is 32.2 Å². The van der Waals surface area contributed by atoms with Gasteiger partial charge in [-0.15, -0.1) is 0 Å². The molecule has 2 aromatic rings. The highest BCUT2D eigenvalue weighted by atomic mass is 32.1. The number of hydrogen-bond donors (Lipinski definition) is 0. The van der Waals surface area contributed by atoms with E-state index in [9.17, 15) is 5.26 Å². The van der Waals surface area contributed by atoms with Gasteiger partial charge in [-0.1, -0.05) is 42.0 Å². The molecule has 0 aliphatic carbocycles. The number of aryl methyl sites for hydroxylation is 1. The fourth-order valence-electron chi connectivity index (χ4n) is 2.82. The van der Waals surface area contributed by atoms with Crippen LogP contribution in [0.4, 0.5) is 0 Å². The summed E-state index contributed by atoms with van der Waals surface area (Å²) in [5.74, 6) is 0.0123. The second-order valence-electron chi connectivity index (χ2n) is 5.31. The maximum Gasteiger partial charge on any atom is 0.0865 e. The molecule has 0 spiro atoms. The Morgan fingerprint density at radius 2 is 2.00 bits per heavy atom. The number of aromatic nitrogens is 1. The van der Waals surface area contributed by atoms with Crippen molar-refractivity contribution < 1.29 is 0 Å². The molecule has 1 aromatic carbocycles. The summed E-state index contributed by atoms with van der Waals surface area (Å²) in [6.07, 6.45) is 2.00. The summed E-state index contributed by atoms with van der Waals surface area (Å²) in [5.41, 5.74) is 4.49. The monoisotopic (exact) mass is 280 g/mol. The third kappa shape index (κ3) is 2.17. The van der Waals surface area contributed by atoms with E-state index in [1.807, 2.05) is 0 Å². The van der Waals surface area contributed by atoms with Crippen LogP contribution in [0.1, 0.15) is 41.3 Å². The first-order valence-corrected chi connectivity index (χ1v) is 7.32. The smallest absolute Gasteiger partial charge is 0.0865 e. The van der Waals surface area contributed by atoms with Crippen molar-refractivity contribution in [2.24, 2.45) is 0 Å². The number of thiocarbonyl (C=S) groups is 1. The first-order chi connectivity index (χ1) is 9.70. The molecular formula is C17H16N2S. The SMILES string of the molecule is Cc1ccc(C(=S)c2ccc3n2CCCC3C#N)cc1. The van der Waals surface area contributed by atoms with E-state index in [-0.39, 0.29) is 5.92 Å². The number of hydrogen-bond acceptors (Lipinski definition) is 2. The zero-order valence-electron chi connectivity index (χ0n) is 11.5. The highest BCUT2D eigenvalue weighted by molar-refractivity contribution is 7.81. The second kappa shape index (κ2) is 5.22. The van der Waals surface area contributed by atoms with Gasteiger partial charge >= 0.3 is 0 Å². The Balaban J connectivity index is 2.00. The van der Waals surface area contributed by atoms with Crippen LogP contribution in [-0.2, 0) is 6.54 Å². The van der Waals surface area contributed by atoms with Gasteiger partial charge < -0.3 is 4.57 Å². The lowest BCUT2D eigenvalue weighted by molar-refractivity contribution is 0.502. The van der Waals surface area contributed by atoms with Crippen LogP contribution in [0.25, 0.3) is 0 Å². The molecule has 0 N–H and O–H groups in total. The van der Waals surface area contributed by atoms with Crippen LogP contribution in [0, 0.1) is 18.3 Å². The molecule has 0 amide bonds. The molecule has 3 rings (SSSR count). The van der Waals surface area contributed by atoms with Gasteiger partial charge in [0.15, 0.2) is 0 Å². The van der Waals surface area contributed by atoms with Gasteiger partial charge in [0, 0.05) is 12.2 Å². The molecule has 0 saturated carbocycles. The lowest BCUT2D eigenvalue weighted by Crippen LogP contribution is -2.18. The van der Waals surface area contributed by atoms with E-state index in [1.165, 1.54) is 5.56 Å². The Morgan fingerprint density at radius 3 is 2.70 bits per heavy atom. The molecule has 1 aliphatic heterocycles. The Kier molecular flexibility index (Phi) is 3.42. The first-order valence-electron chi connectivity index (χ1n) is 6.91. The third-order valence-corrected chi connectivity index (χ3v) is 4.39. The molecule has 20 heavy (non-hydrogen) atoms. The van der Waals surface area contributed by atoms with Crippen molar-refractivity contribution >= 4 is 17.1 Å². The summed E-state index contributed by atoms with van der Waals surface area (Å²) < 4.78 is 2.22. The standard InChI is InChI=1S/C17H16N2S/c1-12-4-6-13(7-5-12)17(20)16-9-8-15-14(11-18)3-2-10-19(15)16/h4-9,14H,2-3,10H2,1H3. The van der Waals surface area contributed by atoms with E-state index < -0.39 is 0 Å². The van der Waals surface area contributed by atoms with Crippen molar-refractivity contribution in [1.29, 1.82) is 5.26 Å². The van der Waals surface area contributed by atoms with Crippen LogP contribution in [-0.4, -0.2) is 9.43 Å². The molecule has 0 radical (unpaired) electrons. The van der Waals surface area contributed by atoms with Gasteiger partial charge in [0.1, 0.15) is 0 Å². The average Bonchev–Trinajstić information content (AvgIpc) is 2.91. The van der Waals surface area contributed by atoms with Crippen molar-refractivity contribution in [3.05, 3.63) is 58.9 Å². The lowest BCUT2D eigenvalue weighted by atomic mass is 9.98. The lowest BCUT2D eigenvalue weighted by Gasteiger charge is -2.22. The van der Waals surface area contributed by atoms with E-state index in [1.54, 1.807) is 0 Å². The Hall–Kier alpha value is -1.92. The molecule has 1 aliphatic rings. The quantitative estimate of drug-likeness (QED) is 0.615. The highest BCUT2D eigenvalue weighted by Crippen LogP contribution is 2.29.